The molecule has 4 heteroatoms. The molecular weight excluding hydrogens is 717 g/mol. The van der Waals surface area contributed by atoms with E-state index >= 15 is 0 Å². The second-order valence-electron chi connectivity index (χ2n) is 18.3. The molecule has 0 unspecified atom stereocenters. The van der Waals surface area contributed by atoms with Crippen LogP contribution in [0.25, 0.3) is 66.7 Å². The molecule has 9 rings (SSSR count). The lowest BCUT2D eigenvalue weighted by molar-refractivity contribution is 0.642. The van der Waals surface area contributed by atoms with Crippen molar-refractivity contribution in [2.24, 2.45) is 0 Å². The van der Waals surface area contributed by atoms with Crippen LogP contribution in [-0.2, 0) is 5.41 Å². The van der Waals surface area contributed by atoms with E-state index in [0.717, 1.165) is 39.1 Å². The molecule has 3 aromatic heterocycles. The molecule has 296 valence electrons. The number of hydrogen-bond acceptors (Lipinski definition) is 2. The van der Waals surface area contributed by atoms with Crippen LogP contribution >= 0.6 is 0 Å². The second-order valence-corrected chi connectivity index (χ2v) is 18.3. The Hall–Kier alpha value is -6.00. The number of para-hydroxylation sites is 4. The highest BCUT2D eigenvalue weighted by atomic mass is 15.1. The lowest BCUT2D eigenvalue weighted by atomic mass is 9.77. The van der Waals surface area contributed by atoms with Crippen LogP contribution in [0.4, 0.5) is 0 Å². The van der Waals surface area contributed by atoms with Crippen molar-refractivity contribution < 1.29 is 0 Å². The Morgan fingerprint density at radius 2 is 1.08 bits per heavy atom. The maximum atomic E-state index is 5.37. The Balaban J connectivity index is 1.24. The van der Waals surface area contributed by atoms with Gasteiger partial charge in [-0.15, -0.1) is 0 Å². The van der Waals surface area contributed by atoms with Gasteiger partial charge in [0.15, 0.2) is 0 Å². The van der Waals surface area contributed by atoms with Gasteiger partial charge in [-0.2, -0.15) is 0 Å². The SMILES string of the molecule is CC(C)c1cccc(C(C)C)c1-c1cnc2c3cc(C(C)(C)c4cccc(-c5nc6ccccc6n5-c5c(C(C)C)cccc5C(C)C)c4)ccc3c3ccccc3n12. The first kappa shape index (κ1) is 38.5. The van der Waals surface area contributed by atoms with Gasteiger partial charge in [0.05, 0.1) is 34.1 Å². The summed E-state index contributed by atoms with van der Waals surface area (Å²) >= 11 is 0. The van der Waals surface area contributed by atoms with E-state index in [9.17, 15) is 0 Å². The highest BCUT2D eigenvalue weighted by molar-refractivity contribution is 6.12. The number of hydrogen-bond donors (Lipinski definition) is 0. The van der Waals surface area contributed by atoms with Gasteiger partial charge < -0.3 is 0 Å². The number of fused-ring (bicyclic) bond motifs is 7. The zero-order valence-electron chi connectivity index (χ0n) is 36.3. The molecule has 0 bridgehead atoms. The minimum absolute atomic E-state index is 0.326. The third-order valence-electron chi connectivity index (χ3n) is 12.8. The van der Waals surface area contributed by atoms with Crippen molar-refractivity contribution in [1.82, 2.24) is 18.9 Å². The van der Waals surface area contributed by atoms with Gasteiger partial charge >= 0.3 is 0 Å². The van der Waals surface area contributed by atoms with Crippen LogP contribution in [0, 0.1) is 0 Å². The lowest BCUT2D eigenvalue weighted by Crippen LogP contribution is -2.19. The molecular formula is C55H56N4. The molecule has 3 heterocycles. The summed E-state index contributed by atoms with van der Waals surface area (Å²) in [6.45, 7) is 23.1. The molecule has 0 aliphatic heterocycles. The fraction of sp³-hybridized carbons (Fsp3) is 0.273. The second kappa shape index (κ2) is 14.7. The number of rotatable bonds is 9. The molecule has 0 fully saturated rings. The molecule has 0 saturated heterocycles. The van der Waals surface area contributed by atoms with Crippen molar-refractivity contribution >= 4 is 38.4 Å². The van der Waals surface area contributed by atoms with Crippen molar-refractivity contribution in [3.05, 3.63) is 167 Å². The Morgan fingerprint density at radius 1 is 0.508 bits per heavy atom. The van der Waals surface area contributed by atoms with E-state index in [1.165, 1.54) is 60.9 Å². The highest BCUT2D eigenvalue weighted by Gasteiger charge is 2.28. The molecule has 0 atom stereocenters. The standard InChI is InChI=1S/C55H56N4/c1-33(2)40-21-16-22-41(34(3)4)51(40)50-32-56-54-46-31-39(28-29-44(46)45-20-11-13-26-48(45)58(50)54)55(9,10)38-19-15-18-37(30-38)53-57-47-25-12-14-27-49(47)59(53)52-42(35(5)6)23-17-24-43(52)36(7)8/h11-36H,1-10H3. The van der Waals surface area contributed by atoms with Crippen LogP contribution in [-0.4, -0.2) is 18.9 Å². The van der Waals surface area contributed by atoms with Crippen LogP contribution < -0.4 is 0 Å². The van der Waals surface area contributed by atoms with Crippen LogP contribution in [0.5, 0.6) is 0 Å². The molecule has 4 nitrogen and oxygen atoms in total. The number of imidazole rings is 2. The number of aromatic nitrogens is 4. The molecule has 0 amide bonds. The summed E-state index contributed by atoms with van der Waals surface area (Å²) in [6.07, 6.45) is 2.11. The summed E-state index contributed by atoms with van der Waals surface area (Å²) in [4.78, 5) is 10.6. The Morgan fingerprint density at radius 3 is 1.75 bits per heavy atom. The van der Waals surface area contributed by atoms with Gasteiger partial charge in [-0.3, -0.25) is 8.97 Å². The maximum Gasteiger partial charge on any atom is 0.145 e. The summed E-state index contributed by atoms with van der Waals surface area (Å²) in [5.74, 6) is 2.43. The maximum absolute atomic E-state index is 5.37. The first-order valence-corrected chi connectivity index (χ1v) is 21.5. The molecule has 0 saturated carbocycles. The molecule has 6 aromatic carbocycles. The normalized spacial score (nSPS) is 12.5. The third kappa shape index (κ3) is 6.27. The first-order chi connectivity index (χ1) is 28.4. The van der Waals surface area contributed by atoms with Crippen molar-refractivity contribution in [1.29, 1.82) is 0 Å². The van der Waals surface area contributed by atoms with Crippen molar-refractivity contribution in [2.75, 3.05) is 0 Å². The predicted octanol–water partition coefficient (Wildman–Crippen LogP) is 15.1. The topological polar surface area (TPSA) is 35.1 Å². The van der Waals surface area contributed by atoms with Gasteiger partial charge in [-0.05, 0) is 92.8 Å². The van der Waals surface area contributed by atoms with Crippen LogP contribution in [0.1, 0.15) is 126 Å². The number of pyridine rings is 1. The minimum atomic E-state index is -0.326. The van der Waals surface area contributed by atoms with Crippen molar-refractivity contribution in [3.63, 3.8) is 0 Å². The smallest absolute Gasteiger partial charge is 0.145 e. The Kier molecular flexibility index (Phi) is 9.58. The van der Waals surface area contributed by atoms with E-state index in [-0.39, 0.29) is 5.41 Å². The minimum Gasteiger partial charge on any atom is -0.292 e. The summed E-state index contributed by atoms with van der Waals surface area (Å²) in [5.41, 5.74) is 16.7. The average molecular weight is 773 g/mol. The largest absolute Gasteiger partial charge is 0.292 e. The van der Waals surface area contributed by atoms with Gasteiger partial charge in [0.2, 0.25) is 0 Å². The lowest BCUT2D eigenvalue weighted by Gasteiger charge is -2.28. The fourth-order valence-corrected chi connectivity index (χ4v) is 9.49. The summed E-state index contributed by atoms with van der Waals surface area (Å²) in [5, 5.41) is 3.62. The summed E-state index contributed by atoms with van der Waals surface area (Å²) in [6, 6.07) is 47.2. The number of benzene rings is 6. The zero-order valence-corrected chi connectivity index (χ0v) is 36.3. The molecule has 0 spiro atoms. The van der Waals surface area contributed by atoms with E-state index in [1.807, 2.05) is 0 Å². The third-order valence-corrected chi connectivity index (χ3v) is 12.8. The van der Waals surface area contributed by atoms with E-state index in [4.69, 9.17) is 9.97 Å². The molecule has 0 aliphatic carbocycles. The predicted molar refractivity (Wildman–Crippen MR) is 251 cm³/mol. The van der Waals surface area contributed by atoms with Crippen molar-refractivity contribution in [3.8, 4) is 28.3 Å². The first-order valence-electron chi connectivity index (χ1n) is 21.5. The monoisotopic (exact) mass is 772 g/mol. The van der Waals surface area contributed by atoms with Gasteiger partial charge in [-0.1, -0.05) is 166 Å². The number of nitrogens with zero attached hydrogens (tertiary/aromatic N) is 4. The van der Waals surface area contributed by atoms with Gasteiger partial charge in [0, 0.05) is 27.3 Å². The summed E-state index contributed by atoms with van der Waals surface area (Å²) in [7, 11) is 0. The Bertz CT molecular complexity index is 2990. The zero-order chi connectivity index (χ0) is 41.3. The van der Waals surface area contributed by atoms with E-state index < -0.39 is 0 Å². The molecule has 0 N–H and O–H groups in total. The Labute approximate surface area is 349 Å². The molecule has 0 aliphatic rings. The molecule has 9 aromatic rings. The van der Waals surface area contributed by atoms with E-state index in [2.05, 4.69) is 212 Å². The summed E-state index contributed by atoms with van der Waals surface area (Å²) < 4.78 is 4.86. The van der Waals surface area contributed by atoms with Crippen LogP contribution in [0.15, 0.2) is 134 Å². The quantitative estimate of drug-likeness (QED) is 0.137. The van der Waals surface area contributed by atoms with E-state index in [0.29, 0.717) is 23.7 Å². The average Bonchev–Trinajstić information content (AvgIpc) is 3.86. The fourth-order valence-electron chi connectivity index (χ4n) is 9.49. The molecule has 0 radical (unpaired) electrons. The van der Waals surface area contributed by atoms with Gasteiger partial charge in [0.1, 0.15) is 11.5 Å². The van der Waals surface area contributed by atoms with Crippen molar-refractivity contribution in [2.45, 2.75) is 98.3 Å². The van der Waals surface area contributed by atoms with Gasteiger partial charge in [-0.25, -0.2) is 9.97 Å². The van der Waals surface area contributed by atoms with Crippen LogP contribution in [0.2, 0.25) is 0 Å². The van der Waals surface area contributed by atoms with Crippen LogP contribution in [0.3, 0.4) is 0 Å². The van der Waals surface area contributed by atoms with E-state index in [1.54, 1.807) is 0 Å². The van der Waals surface area contributed by atoms with Gasteiger partial charge in [0.25, 0.3) is 0 Å². The molecule has 59 heavy (non-hydrogen) atoms. The highest BCUT2D eigenvalue weighted by Crippen LogP contribution is 2.43.